The summed E-state index contributed by atoms with van der Waals surface area (Å²) < 4.78 is 18.2. The number of halogens is 2. The van der Waals surface area contributed by atoms with Gasteiger partial charge in [-0.1, -0.05) is 54.1 Å². The summed E-state index contributed by atoms with van der Waals surface area (Å²) in [5.74, 6) is 1.40. The molecule has 1 heterocycles. The molecule has 0 radical (unpaired) electrons. The van der Waals surface area contributed by atoms with Crippen molar-refractivity contribution in [2.24, 2.45) is 5.92 Å². The van der Waals surface area contributed by atoms with Crippen molar-refractivity contribution in [1.29, 1.82) is 0 Å². The standard InChI is InChI=1S/C32H33ClFNO2/c1-37-30-8-3-7-29(33)32(30)28-6-2-5-26-18-23(21-36)11-14-27(26)31(28)25-12-9-22(10-13-25)17-24-19-35(20-24)16-4-15-34/h3,7-14,18,21,24H,2,4-6,15-17,19-20H2,1H3. The monoisotopic (exact) mass is 517 g/mol. The summed E-state index contributed by atoms with van der Waals surface area (Å²) in [7, 11) is 1.68. The van der Waals surface area contributed by atoms with Crippen LogP contribution in [0.3, 0.4) is 0 Å². The second kappa shape index (κ2) is 11.6. The van der Waals surface area contributed by atoms with Crippen LogP contribution in [0.2, 0.25) is 5.02 Å². The molecule has 3 aromatic rings. The number of aldehydes is 1. The van der Waals surface area contributed by atoms with Gasteiger partial charge in [0.25, 0.3) is 0 Å². The van der Waals surface area contributed by atoms with Gasteiger partial charge in [-0.25, -0.2) is 0 Å². The van der Waals surface area contributed by atoms with Crippen LogP contribution < -0.4 is 4.74 Å². The second-order valence-electron chi connectivity index (χ2n) is 10.1. The molecule has 0 spiro atoms. The van der Waals surface area contributed by atoms with Gasteiger partial charge < -0.3 is 9.64 Å². The Morgan fingerprint density at radius 1 is 1.08 bits per heavy atom. The third kappa shape index (κ3) is 5.51. The first kappa shape index (κ1) is 25.7. The lowest BCUT2D eigenvalue weighted by Crippen LogP contribution is -2.47. The molecule has 0 amide bonds. The number of nitrogens with zero attached hydrogens (tertiary/aromatic N) is 1. The van der Waals surface area contributed by atoms with Crippen LogP contribution in [0.4, 0.5) is 4.39 Å². The highest BCUT2D eigenvalue weighted by Crippen LogP contribution is 2.45. The van der Waals surface area contributed by atoms with Gasteiger partial charge in [-0.15, -0.1) is 0 Å². The number of carbonyl (C=O) groups excluding carboxylic acids is 1. The van der Waals surface area contributed by atoms with E-state index in [1.807, 2.05) is 30.3 Å². The first-order valence-corrected chi connectivity index (χ1v) is 13.5. The van der Waals surface area contributed by atoms with Crippen molar-refractivity contribution in [3.05, 3.63) is 99.1 Å². The lowest BCUT2D eigenvalue weighted by molar-refractivity contribution is 0.0968. The lowest BCUT2D eigenvalue weighted by Gasteiger charge is -2.39. The number of hydrogen-bond donors (Lipinski definition) is 0. The van der Waals surface area contributed by atoms with E-state index in [1.165, 1.54) is 16.7 Å². The molecule has 0 N–H and O–H groups in total. The number of ether oxygens (including phenoxy) is 1. The minimum Gasteiger partial charge on any atom is -0.496 e. The Morgan fingerprint density at radius 2 is 1.89 bits per heavy atom. The zero-order chi connectivity index (χ0) is 25.8. The highest BCUT2D eigenvalue weighted by atomic mass is 35.5. The van der Waals surface area contributed by atoms with Crippen LogP contribution in [-0.2, 0) is 12.8 Å². The largest absolute Gasteiger partial charge is 0.496 e. The minimum atomic E-state index is -0.236. The Balaban J connectivity index is 1.53. The fourth-order valence-electron chi connectivity index (χ4n) is 5.84. The number of allylic oxidation sites excluding steroid dienone is 1. The molecular weight excluding hydrogens is 485 g/mol. The number of likely N-dealkylation sites (tertiary alicyclic amines) is 1. The zero-order valence-electron chi connectivity index (χ0n) is 21.3. The molecule has 1 fully saturated rings. The number of hydrogen-bond acceptors (Lipinski definition) is 3. The van der Waals surface area contributed by atoms with Crippen LogP contribution in [-0.4, -0.2) is 44.6 Å². The predicted octanol–water partition coefficient (Wildman–Crippen LogP) is 7.29. The Kier molecular flexibility index (Phi) is 8.07. The molecule has 0 saturated carbocycles. The van der Waals surface area contributed by atoms with Gasteiger partial charge in [0, 0.05) is 30.8 Å². The average Bonchev–Trinajstić information content (AvgIpc) is 3.09. The number of rotatable bonds is 9. The molecule has 3 aromatic carbocycles. The molecule has 192 valence electrons. The van der Waals surface area contributed by atoms with Crippen LogP contribution in [0, 0.1) is 5.92 Å². The fourth-order valence-corrected chi connectivity index (χ4v) is 6.12. The first-order chi connectivity index (χ1) is 18.1. The molecule has 5 heteroatoms. The second-order valence-corrected chi connectivity index (χ2v) is 10.5. The molecule has 0 aromatic heterocycles. The molecule has 1 aliphatic carbocycles. The molecule has 37 heavy (non-hydrogen) atoms. The average molecular weight is 518 g/mol. The first-order valence-electron chi connectivity index (χ1n) is 13.1. The smallest absolute Gasteiger partial charge is 0.150 e. The van der Waals surface area contributed by atoms with Crippen molar-refractivity contribution in [3.8, 4) is 5.75 Å². The van der Waals surface area contributed by atoms with Crippen LogP contribution in [0.1, 0.15) is 57.4 Å². The van der Waals surface area contributed by atoms with Gasteiger partial charge in [-0.3, -0.25) is 9.18 Å². The SMILES string of the molecule is COc1cccc(Cl)c1C1=C(c2ccc(CC3CN(CCCF)C3)cc2)c2ccc(C=O)cc2CCC1. The van der Waals surface area contributed by atoms with E-state index < -0.39 is 0 Å². The van der Waals surface area contributed by atoms with Crippen molar-refractivity contribution in [2.45, 2.75) is 32.1 Å². The topological polar surface area (TPSA) is 29.5 Å². The van der Waals surface area contributed by atoms with Crippen LogP contribution >= 0.6 is 11.6 Å². The molecule has 1 saturated heterocycles. The van der Waals surface area contributed by atoms with Gasteiger partial charge in [-0.2, -0.15) is 0 Å². The number of methoxy groups -OCH3 is 1. The molecule has 5 rings (SSSR count). The number of alkyl halides is 1. The fraction of sp³-hybridized carbons (Fsp3) is 0.344. The molecule has 1 aliphatic heterocycles. The van der Waals surface area contributed by atoms with Gasteiger partial charge >= 0.3 is 0 Å². The van der Waals surface area contributed by atoms with Crippen LogP contribution in [0.5, 0.6) is 5.75 Å². The maximum absolute atomic E-state index is 12.4. The number of aryl methyl sites for hydroxylation is 1. The van der Waals surface area contributed by atoms with E-state index in [1.54, 1.807) is 7.11 Å². The number of carbonyl (C=O) groups is 1. The van der Waals surface area contributed by atoms with E-state index in [9.17, 15) is 9.18 Å². The highest BCUT2D eigenvalue weighted by molar-refractivity contribution is 6.33. The highest BCUT2D eigenvalue weighted by Gasteiger charge is 2.27. The Morgan fingerprint density at radius 3 is 2.62 bits per heavy atom. The summed E-state index contributed by atoms with van der Waals surface area (Å²) in [6.07, 6.45) is 5.30. The summed E-state index contributed by atoms with van der Waals surface area (Å²) in [6.45, 7) is 2.73. The summed E-state index contributed by atoms with van der Waals surface area (Å²) in [4.78, 5) is 13.8. The summed E-state index contributed by atoms with van der Waals surface area (Å²) in [5, 5.41) is 0.679. The number of benzene rings is 3. The molecule has 0 bridgehead atoms. The Hall–Kier alpha value is -2.95. The Labute approximate surface area is 223 Å². The molecule has 0 atom stereocenters. The van der Waals surface area contributed by atoms with Crippen LogP contribution in [0.15, 0.2) is 60.7 Å². The summed E-state index contributed by atoms with van der Waals surface area (Å²) >= 11 is 6.79. The van der Waals surface area contributed by atoms with E-state index >= 15 is 0 Å². The van der Waals surface area contributed by atoms with Gasteiger partial charge in [0.1, 0.15) is 12.0 Å². The normalized spacial score (nSPS) is 16.2. The zero-order valence-corrected chi connectivity index (χ0v) is 22.1. The van der Waals surface area contributed by atoms with E-state index in [2.05, 4.69) is 35.2 Å². The quantitative estimate of drug-likeness (QED) is 0.279. The van der Waals surface area contributed by atoms with Gasteiger partial charge in [-0.05, 0) is 89.6 Å². The van der Waals surface area contributed by atoms with Crippen molar-refractivity contribution < 1.29 is 13.9 Å². The number of fused-ring (bicyclic) bond motifs is 1. The lowest BCUT2D eigenvalue weighted by atomic mass is 9.86. The predicted molar refractivity (Wildman–Crippen MR) is 149 cm³/mol. The van der Waals surface area contributed by atoms with Crippen molar-refractivity contribution in [3.63, 3.8) is 0 Å². The van der Waals surface area contributed by atoms with Crippen molar-refractivity contribution >= 4 is 29.0 Å². The third-order valence-corrected chi connectivity index (χ3v) is 7.93. The van der Waals surface area contributed by atoms with Gasteiger partial charge in [0.05, 0.1) is 18.8 Å². The summed E-state index contributed by atoms with van der Waals surface area (Å²) in [5.41, 5.74) is 8.78. The maximum atomic E-state index is 12.4. The minimum absolute atomic E-state index is 0.236. The van der Waals surface area contributed by atoms with Crippen molar-refractivity contribution in [1.82, 2.24) is 4.90 Å². The van der Waals surface area contributed by atoms with E-state index in [0.717, 1.165) is 79.6 Å². The molecule has 0 unspecified atom stereocenters. The summed E-state index contributed by atoms with van der Waals surface area (Å²) in [6, 6.07) is 20.7. The molecule has 3 nitrogen and oxygen atoms in total. The van der Waals surface area contributed by atoms with Crippen molar-refractivity contribution in [2.75, 3.05) is 33.4 Å². The van der Waals surface area contributed by atoms with Gasteiger partial charge in [0.2, 0.25) is 0 Å². The van der Waals surface area contributed by atoms with Gasteiger partial charge in [0.15, 0.2) is 0 Å². The maximum Gasteiger partial charge on any atom is 0.150 e. The van der Waals surface area contributed by atoms with E-state index in [4.69, 9.17) is 16.3 Å². The molecule has 2 aliphatic rings. The molecular formula is C32H33ClFNO2. The van der Waals surface area contributed by atoms with E-state index in [-0.39, 0.29) is 6.67 Å². The Bertz CT molecular complexity index is 1290. The van der Waals surface area contributed by atoms with E-state index in [0.29, 0.717) is 22.9 Å². The van der Waals surface area contributed by atoms with Crippen LogP contribution in [0.25, 0.3) is 11.1 Å². The third-order valence-electron chi connectivity index (χ3n) is 7.61.